The number of aryl methyl sites for hydroxylation is 1. The normalized spacial score (nSPS) is 12.7. The van der Waals surface area contributed by atoms with Crippen LogP contribution in [0.25, 0.3) is 16.9 Å². The van der Waals surface area contributed by atoms with E-state index in [-0.39, 0.29) is 17.7 Å². The topological polar surface area (TPSA) is 76.0 Å². The van der Waals surface area contributed by atoms with Gasteiger partial charge in [-0.1, -0.05) is 56.7 Å². The largest absolute Gasteiger partial charge is 0.340 e. The van der Waals surface area contributed by atoms with Crippen molar-refractivity contribution < 1.29 is 9.59 Å². The number of hydrogen-bond acceptors (Lipinski definition) is 4. The number of carbonyl (C=O) groups is 2. The molecule has 7 heteroatoms. The first kappa shape index (κ1) is 24.4. The summed E-state index contributed by atoms with van der Waals surface area (Å²) in [5.74, 6) is -0.564. The highest BCUT2D eigenvalue weighted by Crippen LogP contribution is 2.31. The lowest BCUT2D eigenvalue weighted by atomic mass is 9.98. The maximum absolute atomic E-state index is 13.2. The van der Waals surface area contributed by atoms with Gasteiger partial charge in [-0.25, -0.2) is 4.98 Å². The number of nitrogens with zero attached hydrogens (tertiary/aromatic N) is 2. The van der Waals surface area contributed by atoms with E-state index in [9.17, 15) is 9.59 Å². The summed E-state index contributed by atoms with van der Waals surface area (Å²) in [4.78, 5) is 30.6. The third-order valence-electron chi connectivity index (χ3n) is 6.27. The number of aromatic nitrogens is 2. The van der Waals surface area contributed by atoms with Gasteiger partial charge in [0, 0.05) is 33.6 Å². The SMILES string of the molecule is CC[C@H](C)[C@H](NC(=O)c1ccccc1)C(=O)Nc1nc(-c2cc(C)n(-c3ccccc3)c2C)cs1. The van der Waals surface area contributed by atoms with Crippen LogP contribution in [0.3, 0.4) is 0 Å². The van der Waals surface area contributed by atoms with Crippen LogP contribution in [0.15, 0.2) is 72.1 Å². The third-order valence-corrected chi connectivity index (χ3v) is 7.03. The van der Waals surface area contributed by atoms with Gasteiger partial charge in [0.2, 0.25) is 5.91 Å². The molecule has 0 radical (unpaired) electrons. The molecule has 2 heterocycles. The molecule has 6 nitrogen and oxygen atoms in total. The Hall–Kier alpha value is -3.71. The molecule has 0 fully saturated rings. The van der Waals surface area contributed by atoms with Crippen molar-refractivity contribution in [1.82, 2.24) is 14.9 Å². The van der Waals surface area contributed by atoms with Gasteiger partial charge in [0.25, 0.3) is 5.91 Å². The monoisotopic (exact) mass is 486 g/mol. The van der Waals surface area contributed by atoms with Gasteiger partial charge in [-0.15, -0.1) is 11.3 Å². The summed E-state index contributed by atoms with van der Waals surface area (Å²) in [5, 5.41) is 8.29. The van der Waals surface area contributed by atoms with Crippen molar-refractivity contribution >= 4 is 28.3 Å². The molecule has 0 aliphatic carbocycles. The number of para-hydroxylation sites is 1. The Kier molecular flexibility index (Phi) is 7.46. The molecule has 4 rings (SSSR count). The molecule has 0 unspecified atom stereocenters. The van der Waals surface area contributed by atoms with Crippen molar-refractivity contribution in [1.29, 1.82) is 0 Å². The van der Waals surface area contributed by atoms with Gasteiger partial charge in [0.15, 0.2) is 5.13 Å². The molecule has 35 heavy (non-hydrogen) atoms. The van der Waals surface area contributed by atoms with E-state index in [4.69, 9.17) is 4.98 Å². The summed E-state index contributed by atoms with van der Waals surface area (Å²) < 4.78 is 2.20. The van der Waals surface area contributed by atoms with Crippen molar-refractivity contribution in [3.63, 3.8) is 0 Å². The fraction of sp³-hybridized carbons (Fsp3) is 0.250. The number of nitrogens with one attached hydrogen (secondary N) is 2. The molecular formula is C28H30N4O2S. The molecule has 4 aromatic rings. The number of anilines is 1. The highest BCUT2D eigenvalue weighted by molar-refractivity contribution is 7.14. The molecule has 0 saturated carbocycles. The number of carbonyl (C=O) groups excluding carboxylic acids is 2. The van der Waals surface area contributed by atoms with Crippen molar-refractivity contribution in [2.24, 2.45) is 5.92 Å². The standard InChI is InChI=1S/C28H30N4O2S/c1-5-18(2)25(30-26(33)21-12-8-6-9-13-21)27(34)31-28-29-24(17-35-28)23-16-19(3)32(20(23)4)22-14-10-7-11-15-22/h6-18,25H,5H2,1-4H3,(H,30,33)(H,29,31,34)/t18-,25-/m0/s1. The van der Waals surface area contributed by atoms with E-state index in [1.54, 1.807) is 24.3 Å². The molecule has 0 bridgehead atoms. The number of hydrogen-bond donors (Lipinski definition) is 2. The lowest BCUT2D eigenvalue weighted by Gasteiger charge is -2.23. The number of benzene rings is 2. The molecule has 2 N–H and O–H groups in total. The Labute approximate surface area is 210 Å². The minimum absolute atomic E-state index is 0.0353. The molecular weight excluding hydrogens is 456 g/mol. The molecule has 2 aromatic carbocycles. The first-order valence-corrected chi connectivity index (χ1v) is 12.6. The second-order valence-corrected chi connectivity index (χ2v) is 9.54. The third kappa shape index (κ3) is 5.35. The van der Waals surface area contributed by atoms with Gasteiger partial charge in [-0.3, -0.25) is 9.59 Å². The van der Waals surface area contributed by atoms with Crippen LogP contribution in [-0.4, -0.2) is 27.4 Å². The summed E-state index contributed by atoms with van der Waals surface area (Å²) >= 11 is 1.38. The van der Waals surface area contributed by atoms with Gasteiger partial charge < -0.3 is 15.2 Å². The average Bonchev–Trinajstić information content (AvgIpc) is 3.45. The second-order valence-electron chi connectivity index (χ2n) is 8.69. The molecule has 2 amide bonds. The van der Waals surface area contributed by atoms with Crippen molar-refractivity contribution in [3.8, 4) is 16.9 Å². The average molecular weight is 487 g/mol. The quantitative estimate of drug-likeness (QED) is 0.321. The summed E-state index contributed by atoms with van der Waals surface area (Å²) in [6.45, 7) is 8.11. The van der Waals surface area contributed by atoms with Crippen LogP contribution in [0.5, 0.6) is 0 Å². The maximum atomic E-state index is 13.2. The van der Waals surface area contributed by atoms with Gasteiger partial charge >= 0.3 is 0 Å². The van der Waals surface area contributed by atoms with E-state index >= 15 is 0 Å². The first-order valence-electron chi connectivity index (χ1n) is 11.8. The zero-order valence-corrected chi connectivity index (χ0v) is 21.2. The van der Waals surface area contributed by atoms with Crippen LogP contribution in [0.1, 0.15) is 42.0 Å². The number of amides is 2. The zero-order valence-electron chi connectivity index (χ0n) is 20.4. The first-order chi connectivity index (χ1) is 16.9. The number of thiazole rings is 1. The molecule has 180 valence electrons. The molecule has 0 saturated heterocycles. The summed E-state index contributed by atoms with van der Waals surface area (Å²) in [6, 6.07) is 20.6. The van der Waals surface area contributed by atoms with E-state index in [2.05, 4.69) is 47.2 Å². The van der Waals surface area contributed by atoms with Crippen LogP contribution in [0.4, 0.5) is 5.13 Å². The fourth-order valence-electron chi connectivity index (χ4n) is 4.15. The Morgan fingerprint density at radius 1 is 1.03 bits per heavy atom. The van der Waals surface area contributed by atoms with Crippen LogP contribution in [0.2, 0.25) is 0 Å². The van der Waals surface area contributed by atoms with Gasteiger partial charge in [-0.2, -0.15) is 0 Å². The molecule has 0 aliphatic rings. The Morgan fingerprint density at radius 3 is 2.34 bits per heavy atom. The Bertz CT molecular complexity index is 1310. The van der Waals surface area contributed by atoms with Crippen molar-refractivity contribution in [2.45, 2.75) is 40.2 Å². The number of rotatable bonds is 8. The van der Waals surface area contributed by atoms with Gasteiger partial charge in [0.05, 0.1) is 5.69 Å². The lowest BCUT2D eigenvalue weighted by molar-refractivity contribution is -0.119. The van der Waals surface area contributed by atoms with Crippen LogP contribution in [-0.2, 0) is 4.79 Å². The smallest absolute Gasteiger partial charge is 0.251 e. The molecule has 2 aromatic heterocycles. The van der Waals surface area contributed by atoms with E-state index in [0.717, 1.165) is 34.8 Å². The summed E-state index contributed by atoms with van der Waals surface area (Å²) in [6.07, 6.45) is 0.752. The Balaban J connectivity index is 1.52. The van der Waals surface area contributed by atoms with Crippen LogP contribution >= 0.6 is 11.3 Å². The Morgan fingerprint density at radius 2 is 1.69 bits per heavy atom. The molecule has 0 spiro atoms. The predicted octanol–water partition coefficient (Wildman–Crippen LogP) is 6.00. The maximum Gasteiger partial charge on any atom is 0.251 e. The zero-order chi connectivity index (χ0) is 24.9. The van der Waals surface area contributed by atoms with Gasteiger partial charge in [0.1, 0.15) is 6.04 Å². The second kappa shape index (κ2) is 10.7. The van der Waals surface area contributed by atoms with Crippen LogP contribution < -0.4 is 10.6 Å². The van der Waals surface area contributed by atoms with E-state index in [0.29, 0.717) is 10.7 Å². The molecule has 0 aliphatic heterocycles. The highest BCUT2D eigenvalue weighted by Gasteiger charge is 2.27. The minimum Gasteiger partial charge on any atom is -0.340 e. The fourth-order valence-corrected chi connectivity index (χ4v) is 4.86. The summed E-state index contributed by atoms with van der Waals surface area (Å²) in [5.41, 5.74) is 5.67. The van der Waals surface area contributed by atoms with Crippen LogP contribution in [0, 0.1) is 19.8 Å². The van der Waals surface area contributed by atoms with Crippen molar-refractivity contribution in [3.05, 3.63) is 89.1 Å². The lowest BCUT2D eigenvalue weighted by Crippen LogP contribution is -2.47. The summed E-state index contributed by atoms with van der Waals surface area (Å²) in [7, 11) is 0. The minimum atomic E-state index is -0.664. The van der Waals surface area contributed by atoms with Gasteiger partial charge in [-0.05, 0) is 50.1 Å². The predicted molar refractivity (Wildman–Crippen MR) is 142 cm³/mol. The highest BCUT2D eigenvalue weighted by atomic mass is 32.1. The van der Waals surface area contributed by atoms with E-state index < -0.39 is 6.04 Å². The van der Waals surface area contributed by atoms with E-state index in [1.807, 2.05) is 43.5 Å². The molecule has 2 atom stereocenters. The van der Waals surface area contributed by atoms with Crippen molar-refractivity contribution in [2.75, 3.05) is 5.32 Å². The van der Waals surface area contributed by atoms with E-state index in [1.165, 1.54) is 11.3 Å².